The third-order valence-corrected chi connectivity index (χ3v) is 4.30. The zero-order chi connectivity index (χ0) is 22.1. The lowest BCUT2D eigenvalue weighted by molar-refractivity contribution is -0.176. The number of hydrogen-bond donors (Lipinski definition) is 2. The average Bonchev–Trinajstić information content (AvgIpc) is 2.97. The van der Waals surface area contributed by atoms with Crippen molar-refractivity contribution < 1.29 is 27.4 Å². The lowest BCUT2D eigenvalue weighted by Crippen LogP contribution is -2.30. The average molecular weight is 437 g/mol. The summed E-state index contributed by atoms with van der Waals surface area (Å²) < 4.78 is 52.8. The van der Waals surface area contributed by atoms with Gasteiger partial charge in [0.25, 0.3) is 0 Å². The molecule has 9 heteroatoms. The molecule has 0 spiro atoms. The van der Waals surface area contributed by atoms with Crippen LogP contribution >= 0.6 is 0 Å². The van der Waals surface area contributed by atoms with Crippen LogP contribution in [0.25, 0.3) is 0 Å². The molecule has 0 amide bonds. The highest BCUT2D eigenvalue weighted by molar-refractivity contribution is 5.93. The van der Waals surface area contributed by atoms with Crippen LogP contribution in [0.5, 0.6) is 11.5 Å². The number of benzene rings is 2. The van der Waals surface area contributed by atoms with E-state index in [-0.39, 0.29) is 6.61 Å². The monoisotopic (exact) mass is 437 g/mol. The largest absolute Gasteiger partial charge is 0.490 e. The Bertz CT molecular complexity index is 888. The standard InChI is InChI=1S/C22H26F3N3O3/c1-2-26-21(28-18-7-8-19-20(12-18)31-10-4-9-30-19)27-13-16-5-3-6-17(11-16)14-29-15-22(23,24)25/h3,5-8,11-12H,2,4,9-10,13-15H2,1H3,(H2,26,27,28). The second-order valence-corrected chi connectivity index (χ2v) is 6.96. The fraction of sp³-hybridized carbons (Fsp3) is 0.409. The van der Waals surface area contributed by atoms with E-state index in [2.05, 4.69) is 15.6 Å². The third-order valence-electron chi connectivity index (χ3n) is 4.30. The molecular weight excluding hydrogens is 411 g/mol. The highest BCUT2D eigenvalue weighted by Crippen LogP contribution is 2.32. The van der Waals surface area contributed by atoms with Crippen LogP contribution in [0.1, 0.15) is 24.5 Å². The van der Waals surface area contributed by atoms with Gasteiger partial charge < -0.3 is 24.8 Å². The Hall–Kier alpha value is -2.94. The first-order valence-corrected chi connectivity index (χ1v) is 10.1. The highest BCUT2D eigenvalue weighted by atomic mass is 19.4. The summed E-state index contributed by atoms with van der Waals surface area (Å²) in [5, 5.41) is 6.42. The van der Waals surface area contributed by atoms with Crippen molar-refractivity contribution >= 4 is 11.6 Å². The Morgan fingerprint density at radius 1 is 1.06 bits per heavy atom. The topological polar surface area (TPSA) is 64.1 Å². The number of rotatable bonds is 7. The van der Waals surface area contributed by atoms with Crippen molar-refractivity contribution in [3.63, 3.8) is 0 Å². The molecule has 1 aliphatic heterocycles. The predicted octanol–water partition coefficient (Wildman–Crippen LogP) is 4.50. The summed E-state index contributed by atoms with van der Waals surface area (Å²) in [6.07, 6.45) is -3.50. The van der Waals surface area contributed by atoms with Crippen LogP contribution in [-0.2, 0) is 17.9 Å². The zero-order valence-corrected chi connectivity index (χ0v) is 17.3. The SMILES string of the molecule is CCNC(=NCc1cccc(COCC(F)(F)F)c1)Nc1ccc2c(c1)OCCCO2. The van der Waals surface area contributed by atoms with Gasteiger partial charge in [0.2, 0.25) is 0 Å². The second kappa shape index (κ2) is 10.9. The van der Waals surface area contributed by atoms with Gasteiger partial charge in [0, 0.05) is 24.7 Å². The van der Waals surface area contributed by atoms with Crippen molar-refractivity contribution in [1.29, 1.82) is 0 Å². The molecule has 0 saturated carbocycles. The Kier molecular flexibility index (Phi) is 8.00. The first-order chi connectivity index (χ1) is 14.9. The molecule has 0 aliphatic carbocycles. The second-order valence-electron chi connectivity index (χ2n) is 6.96. The van der Waals surface area contributed by atoms with Crippen LogP contribution < -0.4 is 20.1 Å². The van der Waals surface area contributed by atoms with E-state index in [1.165, 1.54) is 0 Å². The molecule has 0 aromatic heterocycles. The molecule has 0 saturated heterocycles. The van der Waals surface area contributed by atoms with E-state index in [0.29, 0.717) is 43.6 Å². The molecule has 2 N–H and O–H groups in total. The minimum atomic E-state index is -4.33. The van der Waals surface area contributed by atoms with Gasteiger partial charge in [0.05, 0.1) is 26.4 Å². The van der Waals surface area contributed by atoms with Crippen molar-refractivity contribution in [1.82, 2.24) is 5.32 Å². The number of anilines is 1. The van der Waals surface area contributed by atoms with Gasteiger partial charge in [-0.2, -0.15) is 13.2 Å². The number of hydrogen-bond acceptors (Lipinski definition) is 4. The summed E-state index contributed by atoms with van der Waals surface area (Å²) in [5.74, 6) is 1.98. The maximum Gasteiger partial charge on any atom is 0.411 e. The first kappa shape index (κ1) is 22.7. The van der Waals surface area contributed by atoms with Crippen molar-refractivity contribution in [2.45, 2.75) is 32.7 Å². The molecule has 1 aliphatic rings. The predicted molar refractivity (Wildman–Crippen MR) is 113 cm³/mol. The van der Waals surface area contributed by atoms with E-state index < -0.39 is 12.8 Å². The van der Waals surface area contributed by atoms with Crippen LogP contribution in [0.15, 0.2) is 47.5 Å². The summed E-state index contributed by atoms with van der Waals surface area (Å²) in [4.78, 5) is 4.57. The van der Waals surface area contributed by atoms with Crippen molar-refractivity contribution in [2.24, 2.45) is 4.99 Å². The molecule has 3 rings (SSSR count). The molecule has 2 aromatic rings. The number of aliphatic imine (C=N–C) groups is 1. The van der Waals surface area contributed by atoms with E-state index in [4.69, 9.17) is 14.2 Å². The smallest absolute Gasteiger partial charge is 0.411 e. The summed E-state index contributed by atoms with van der Waals surface area (Å²) in [5.41, 5.74) is 2.33. The molecule has 0 atom stereocenters. The summed E-state index contributed by atoms with van der Waals surface area (Å²) in [6.45, 7) is 2.85. The molecule has 2 aromatic carbocycles. The summed E-state index contributed by atoms with van der Waals surface area (Å²) >= 11 is 0. The molecule has 168 valence electrons. The van der Waals surface area contributed by atoms with Gasteiger partial charge in [-0.05, 0) is 30.2 Å². The zero-order valence-electron chi connectivity index (χ0n) is 17.3. The lowest BCUT2D eigenvalue weighted by Gasteiger charge is -2.14. The van der Waals surface area contributed by atoms with Crippen molar-refractivity contribution in [3.8, 4) is 11.5 Å². The molecule has 1 heterocycles. The molecule has 0 radical (unpaired) electrons. The molecular formula is C22H26F3N3O3. The van der Waals surface area contributed by atoms with E-state index in [0.717, 1.165) is 23.4 Å². The first-order valence-electron chi connectivity index (χ1n) is 10.1. The van der Waals surface area contributed by atoms with Crippen LogP contribution in [0, 0.1) is 0 Å². The fourth-order valence-electron chi connectivity index (χ4n) is 2.96. The summed E-state index contributed by atoms with van der Waals surface area (Å²) in [6, 6.07) is 12.8. The Labute approximate surface area is 179 Å². The number of nitrogens with one attached hydrogen (secondary N) is 2. The van der Waals surface area contributed by atoms with Crippen LogP contribution in [0.2, 0.25) is 0 Å². The highest BCUT2D eigenvalue weighted by Gasteiger charge is 2.27. The maximum absolute atomic E-state index is 12.2. The molecule has 0 bridgehead atoms. The molecule has 0 unspecified atom stereocenters. The quantitative estimate of drug-likeness (QED) is 0.493. The van der Waals surface area contributed by atoms with Crippen molar-refractivity contribution in [2.75, 3.05) is 31.7 Å². The molecule has 31 heavy (non-hydrogen) atoms. The van der Waals surface area contributed by atoms with Gasteiger partial charge in [0.1, 0.15) is 6.61 Å². The fourth-order valence-corrected chi connectivity index (χ4v) is 2.96. The van der Waals surface area contributed by atoms with Gasteiger partial charge in [-0.3, -0.25) is 0 Å². The van der Waals surface area contributed by atoms with E-state index in [1.807, 2.05) is 31.2 Å². The lowest BCUT2D eigenvalue weighted by atomic mass is 10.1. The van der Waals surface area contributed by atoms with Gasteiger partial charge in [-0.1, -0.05) is 24.3 Å². The van der Waals surface area contributed by atoms with E-state index >= 15 is 0 Å². The van der Waals surface area contributed by atoms with Gasteiger partial charge >= 0.3 is 6.18 Å². The van der Waals surface area contributed by atoms with Gasteiger partial charge in [-0.15, -0.1) is 0 Å². The number of halogens is 3. The molecule has 0 fully saturated rings. The Balaban J connectivity index is 1.63. The van der Waals surface area contributed by atoms with Gasteiger partial charge in [-0.25, -0.2) is 4.99 Å². The Morgan fingerprint density at radius 3 is 2.61 bits per heavy atom. The molecule has 6 nitrogen and oxygen atoms in total. The number of ether oxygens (including phenoxy) is 3. The van der Waals surface area contributed by atoms with E-state index in [1.54, 1.807) is 18.2 Å². The van der Waals surface area contributed by atoms with E-state index in [9.17, 15) is 13.2 Å². The normalized spacial score (nSPS) is 14.1. The number of alkyl halides is 3. The van der Waals surface area contributed by atoms with Crippen molar-refractivity contribution in [3.05, 3.63) is 53.6 Å². The number of nitrogens with zero attached hydrogens (tertiary/aromatic N) is 1. The minimum Gasteiger partial charge on any atom is -0.490 e. The number of guanidine groups is 1. The minimum absolute atomic E-state index is 0.105. The third kappa shape index (κ3) is 7.67. The summed E-state index contributed by atoms with van der Waals surface area (Å²) in [7, 11) is 0. The number of fused-ring (bicyclic) bond motifs is 1. The van der Waals surface area contributed by atoms with Gasteiger partial charge in [0.15, 0.2) is 17.5 Å². The van der Waals surface area contributed by atoms with Crippen LogP contribution in [0.3, 0.4) is 0 Å². The maximum atomic E-state index is 12.2. The van der Waals surface area contributed by atoms with Crippen LogP contribution in [-0.4, -0.2) is 38.5 Å². The Morgan fingerprint density at radius 2 is 1.84 bits per heavy atom. The van der Waals surface area contributed by atoms with Crippen LogP contribution in [0.4, 0.5) is 18.9 Å².